The van der Waals surface area contributed by atoms with E-state index in [2.05, 4.69) is 15.5 Å². The zero-order chi connectivity index (χ0) is 17.6. The van der Waals surface area contributed by atoms with Crippen LogP contribution in [0.1, 0.15) is 40.3 Å². The van der Waals surface area contributed by atoms with Gasteiger partial charge in [0, 0.05) is 17.1 Å². The second-order valence-electron chi connectivity index (χ2n) is 6.13. The number of rotatable bonds is 3. The third-order valence-corrected chi connectivity index (χ3v) is 4.39. The van der Waals surface area contributed by atoms with E-state index in [1.807, 2.05) is 45.0 Å². The van der Waals surface area contributed by atoms with Crippen LogP contribution < -0.4 is 5.32 Å². The number of carbonyl (C=O) groups excluding carboxylic acids is 1. The fourth-order valence-electron chi connectivity index (χ4n) is 3.02. The van der Waals surface area contributed by atoms with Gasteiger partial charge in [-0.1, -0.05) is 23.4 Å². The molecule has 4 rings (SSSR count). The lowest BCUT2D eigenvalue weighted by Gasteiger charge is -2.12. The van der Waals surface area contributed by atoms with E-state index in [0.717, 1.165) is 27.7 Å². The Kier molecular flexibility index (Phi) is 3.53. The predicted octanol–water partition coefficient (Wildman–Crippen LogP) is 4.08. The first-order valence-corrected chi connectivity index (χ1v) is 8.05. The molecular weight excluding hydrogens is 318 g/mol. The Balaban J connectivity index is 1.62. The predicted molar refractivity (Wildman–Crippen MR) is 93.4 cm³/mol. The number of aromatic nitrogens is 2. The van der Waals surface area contributed by atoms with E-state index in [4.69, 9.17) is 8.94 Å². The van der Waals surface area contributed by atoms with Gasteiger partial charge in [0.15, 0.2) is 0 Å². The summed E-state index contributed by atoms with van der Waals surface area (Å²) in [5.74, 6) is 0.534. The Morgan fingerprint density at radius 2 is 2.00 bits per heavy atom. The smallest absolute Gasteiger partial charge is 0.257 e. The first-order valence-electron chi connectivity index (χ1n) is 8.05. The summed E-state index contributed by atoms with van der Waals surface area (Å²) in [7, 11) is 0. The summed E-state index contributed by atoms with van der Waals surface area (Å²) >= 11 is 0. The summed E-state index contributed by atoms with van der Waals surface area (Å²) in [6, 6.07) is 9.31. The van der Waals surface area contributed by atoms with Crippen LogP contribution in [0, 0.1) is 13.8 Å². The number of carbonyl (C=O) groups is 1. The lowest BCUT2D eigenvalue weighted by atomic mass is 10.1. The highest BCUT2D eigenvalue weighted by Crippen LogP contribution is 2.29. The molecule has 0 bridgehead atoms. The molecule has 0 spiro atoms. The Hall–Kier alpha value is -3.15. The van der Waals surface area contributed by atoms with Gasteiger partial charge in [-0.05, 0) is 32.9 Å². The van der Waals surface area contributed by atoms with Gasteiger partial charge in [-0.3, -0.25) is 4.79 Å². The quantitative estimate of drug-likeness (QED) is 0.610. The van der Waals surface area contributed by atoms with Gasteiger partial charge in [-0.25, -0.2) is 4.98 Å². The van der Waals surface area contributed by atoms with Crippen molar-refractivity contribution in [1.29, 1.82) is 0 Å². The zero-order valence-corrected chi connectivity index (χ0v) is 14.2. The molecule has 1 N–H and O–H groups in total. The molecule has 0 unspecified atom stereocenters. The SMILES string of the molecule is Cc1c([C@@H](C)NC(=O)c2cnc3onc(C)c3c2)oc2ccccc12. The Labute approximate surface area is 143 Å². The van der Waals surface area contributed by atoms with Crippen molar-refractivity contribution in [3.63, 3.8) is 0 Å². The molecule has 0 aliphatic rings. The number of furan rings is 1. The maximum absolute atomic E-state index is 12.6. The molecule has 1 aromatic carbocycles. The molecule has 0 fully saturated rings. The van der Waals surface area contributed by atoms with Crippen molar-refractivity contribution in [3.8, 4) is 0 Å². The monoisotopic (exact) mass is 335 g/mol. The number of amides is 1. The van der Waals surface area contributed by atoms with Crippen molar-refractivity contribution in [3.05, 3.63) is 59.1 Å². The summed E-state index contributed by atoms with van der Waals surface area (Å²) in [5, 5.41) is 8.62. The molecule has 1 atom stereocenters. The average Bonchev–Trinajstić information content (AvgIpc) is 3.16. The highest BCUT2D eigenvalue weighted by molar-refractivity contribution is 5.97. The minimum absolute atomic E-state index is 0.220. The van der Waals surface area contributed by atoms with E-state index < -0.39 is 0 Å². The topological polar surface area (TPSA) is 81.2 Å². The molecule has 1 amide bonds. The number of para-hydroxylation sites is 1. The van der Waals surface area contributed by atoms with Crippen molar-refractivity contribution in [1.82, 2.24) is 15.5 Å². The number of nitrogens with one attached hydrogen (secondary N) is 1. The summed E-state index contributed by atoms with van der Waals surface area (Å²) in [6.07, 6.45) is 1.49. The molecule has 6 nitrogen and oxygen atoms in total. The highest BCUT2D eigenvalue weighted by atomic mass is 16.5. The highest BCUT2D eigenvalue weighted by Gasteiger charge is 2.20. The largest absolute Gasteiger partial charge is 0.459 e. The summed E-state index contributed by atoms with van der Waals surface area (Å²) in [4.78, 5) is 16.7. The van der Waals surface area contributed by atoms with Crippen LogP contribution in [0.2, 0.25) is 0 Å². The third kappa shape index (κ3) is 2.55. The molecule has 0 aliphatic carbocycles. The zero-order valence-electron chi connectivity index (χ0n) is 14.2. The van der Waals surface area contributed by atoms with Crippen LogP contribution in [-0.2, 0) is 0 Å². The van der Waals surface area contributed by atoms with Crippen LogP contribution in [0.15, 0.2) is 45.5 Å². The van der Waals surface area contributed by atoms with E-state index in [1.165, 1.54) is 6.20 Å². The minimum atomic E-state index is -0.265. The lowest BCUT2D eigenvalue weighted by molar-refractivity contribution is 0.0935. The van der Waals surface area contributed by atoms with Crippen molar-refractivity contribution < 1.29 is 13.7 Å². The minimum Gasteiger partial charge on any atom is -0.459 e. The van der Waals surface area contributed by atoms with Gasteiger partial charge >= 0.3 is 0 Å². The van der Waals surface area contributed by atoms with Gasteiger partial charge in [0.05, 0.1) is 22.7 Å². The molecule has 126 valence electrons. The fourth-order valence-corrected chi connectivity index (χ4v) is 3.02. The average molecular weight is 335 g/mol. The maximum Gasteiger partial charge on any atom is 0.257 e. The van der Waals surface area contributed by atoms with Crippen LogP contribution in [0.3, 0.4) is 0 Å². The van der Waals surface area contributed by atoms with E-state index in [9.17, 15) is 4.79 Å². The van der Waals surface area contributed by atoms with Gasteiger partial charge in [0.1, 0.15) is 11.3 Å². The van der Waals surface area contributed by atoms with Gasteiger partial charge in [0.25, 0.3) is 11.6 Å². The number of benzene rings is 1. The molecule has 4 aromatic rings. The standard InChI is InChI=1S/C19H17N3O3/c1-10-14-6-4-5-7-16(14)24-17(10)12(3)21-18(23)13-8-15-11(2)22-25-19(15)20-9-13/h4-9,12H,1-3H3,(H,21,23)/t12-/m1/s1. The van der Waals surface area contributed by atoms with E-state index in [-0.39, 0.29) is 11.9 Å². The van der Waals surface area contributed by atoms with Gasteiger partial charge in [0.2, 0.25) is 0 Å². The molecule has 3 aromatic heterocycles. The van der Waals surface area contributed by atoms with E-state index in [0.29, 0.717) is 17.0 Å². The number of hydrogen-bond donors (Lipinski definition) is 1. The normalized spacial score (nSPS) is 12.6. The van der Waals surface area contributed by atoms with Crippen LogP contribution >= 0.6 is 0 Å². The molecule has 0 radical (unpaired) electrons. The van der Waals surface area contributed by atoms with Crippen LogP contribution in [0.25, 0.3) is 22.1 Å². The van der Waals surface area contributed by atoms with Crippen molar-refractivity contribution in [2.75, 3.05) is 0 Å². The lowest BCUT2D eigenvalue weighted by Crippen LogP contribution is -2.26. The number of fused-ring (bicyclic) bond motifs is 2. The third-order valence-electron chi connectivity index (χ3n) is 4.39. The Morgan fingerprint density at radius 1 is 1.20 bits per heavy atom. The number of pyridine rings is 1. The molecule has 0 aliphatic heterocycles. The van der Waals surface area contributed by atoms with E-state index >= 15 is 0 Å². The Morgan fingerprint density at radius 3 is 2.80 bits per heavy atom. The molecular formula is C19H17N3O3. The molecule has 0 saturated heterocycles. The van der Waals surface area contributed by atoms with Crippen LogP contribution in [0.5, 0.6) is 0 Å². The van der Waals surface area contributed by atoms with Crippen LogP contribution in [-0.4, -0.2) is 16.0 Å². The maximum atomic E-state index is 12.6. The molecule has 25 heavy (non-hydrogen) atoms. The first-order chi connectivity index (χ1) is 12.0. The Bertz CT molecular complexity index is 1090. The molecule has 6 heteroatoms. The molecule has 0 saturated carbocycles. The van der Waals surface area contributed by atoms with Crippen LogP contribution in [0.4, 0.5) is 0 Å². The number of nitrogens with zero attached hydrogens (tertiary/aromatic N) is 2. The van der Waals surface area contributed by atoms with Gasteiger partial charge in [-0.2, -0.15) is 0 Å². The van der Waals surface area contributed by atoms with E-state index in [1.54, 1.807) is 6.07 Å². The summed E-state index contributed by atoms with van der Waals surface area (Å²) in [6.45, 7) is 5.72. The first kappa shape index (κ1) is 15.4. The number of hydrogen-bond acceptors (Lipinski definition) is 5. The second-order valence-corrected chi connectivity index (χ2v) is 6.13. The molecule has 3 heterocycles. The second kappa shape index (κ2) is 5.73. The van der Waals surface area contributed by atoms with Crippen molar-refractivity contribution in [2.45, 2.75) is 26.8 Å². The fraction of sp³-hybridized carbons (Fsp3) is 0.211. The summed E-state index contributed by atoms with van der Waals surface area (Å²) < 4.78 is 11.0. The van der Waals surface area contributed by atoms with Crippen molar-refractivity contribution in [2.24, 2.45) is 0 Å². The van der Waals surface area contributed by atoms with Gasteiger partial charge in [-0.15, -0.1) is 0 Å². The summed E-state index contributed by atoms with van der Waals surface area (Å²) in [5.41, 5.74) is 3.44. The van der Waals surface area contributed by atoms with Crippen molar-refractivity contribution >= 4 is 28.0 Å². The number of aryl methyl sites for hydroxylation is 2. The van der Waals surface area contributed by atoms with Gasteiger partial charge < -0.3 is 14.3 Å².